The van der Waals surface area contributed by atoms with Gasteiger partial charge < -0.3 is 11.5 Å². The van der Waals surface area contributed by atoms with Crippen LogP contribution in [0.2, 0.25) is 0 Å². The van der Waals surface area contributed by atoms with Gasteiger partial charge >= 0.3 is 0 Å². The Morgan fingerprint density at radius 3 is 2.11 bits per heavy atom. The number of aliphatic imine (C=N–C) groups is 2. The number of hydrogen-bond acceptors (Lipinski definition) is 6. The van der Waals surface area contributed by atoms with Crippen molar-refractivity contribution in [2.75, 3.05) is 5.73 Å². The van der Waals surface area contributed by atoms with Gasteiger partial charge in [-0.25, -0.2) is 19.6 Å². The first-order valence-electron chi connectivity index (χ1n) is 9.11. The highest BCUT2D eigenvalue weighted by Gasteiger charge is 2.24. The maximum Gasteiger partial charge on any atom is 0.235 e. The van der Waals surface area contributed by atoms with E-state index in [0.717, 1.165) is 37.1 Å². The van der Waals surface area contributed by atoms with Crippen molar-refractivity contribution in [1.82, 2.24) is 0 Å². The summed E-state index contributed by atoms with van der Waals surface area (Å²) in [6.45, 7) is 2.21. The lowest BCUT2D eigenvalue weighted by atomic mass is 9.77. The topological polar surface area (TPSA) is 111 Å². The molecule has 1 aromatic rings. The van der Waals surface area contributed by atoms with Crippen LogP contribution >= 0.6 is 0 Å². The molecule has 3 atom stereocenters. The van der Waals surface area contributed by atoms with Gasteiger partial charge in [0.1, 0.15) is 0 Å². The molecule has 2 aliphatic rings. The lowest BCUT2D eigenvalue weighted by molar-refractivity contribution is 0.392. The third-order valence-corrected chi connectivity index (χ3v) is 5.06. The van der Waals surface area contributed by atoms with Crippen LogP contribution in [0.25, 0.3) is 0 Å². The first-order valence-corrected chi connectivity index (χ1v) is 9.11. The van der Waals surface area contributed by atoms with Crippen molar-refractivity contribution in [1.29, 1.82) is 0 Å². The number of rotatable bonds is 3. The Morgan fingerprint density at radius 1 is 1.04 bits per heavy atom. The summed E-state index contributed by atoms with van der Waals surface area (Å²) in [5.41, 5.74) is 14.4. The van der Waals surface area contributed by atoms with Crippen molar-refractivity contribution >= 4 is 17.8 Å². The number of isocyanates is 2. The van der Waals surface area contributed by atoms with Gasteiger partial charge in [0.15, 0.2) is 0 Å². The molecule has 1 saturated carbocycles. The lowest BCUT2D eigenvalue weighted by Crippen LogP contribution is -2.21. The van der Waals surface area contributed by atoms with Crippen LogP contribution in [0.3, 0.4) is 0 Å². The first-order chi connectivity index (χ1) is 13.0. The second kappa shape index (κ2) is 9.67. The third-order valence-electron chi connectivity index (χ3n) is 5.06. The molecule has 0 amide bonds. The number of hydrogen-bond donors (Lipinski definition) is 2. The molecule has 1 fully saturated rings. The van der Waals surface area contributed by atoms with E-state index < -0.39 is 0 Å². The van der Waals surface area contributed by atoms with E-state index in [1.165, 1.54) is 17.7 Å². The van der Waals surface area contributed by atoms with E-state index in [1.54, 1.807) is 0 Å². The highest BCUT2D eigenvalue weighted by molar-refractivity contribution is 5.44. The van der Waals surface area contributed by atoms with E-state index in [-0.39, 0.29) is 17.5 Å². The molecular weight excluding hydrogens is 340 g/mol. The highest BCUT2D eigenvalue weighted by Crippen LogP contribution is 2.33. The van der Waals surface area contributed by atoms with Crippen LogP contribution < -0.4 is 11.5 Å². The van der Waals surface area contributed by atoms with E-state index in [2.05, 4.69) is 41.2 Å². The Bertz CT molecular complexity index is 763. The van der Waals surface area contributed by atoms with Crippen LogP contribution in [0.1, 0.15) is 44.6 Å². The number of anilines is 1. The number of allylic oxidation sites excluding steroid dienone is 3. The van der Waals surface area contributed by atoms with Gasteiger partial charge in [0, 0.05) is 16.8 Å². The molecule has 0 aromatic heterocycles. The number of nitrogen functional groups attached to an aromatic ring is 1. The Morgan fingerprint density at radius 2 is 1.63 bits per heavy atom. The summed E-state index contributed by atoms with van der Waals surface area (Å²) in [7, 11) is 0. The monoisotopic (exact) mass is 366 g/mol. The fourth-order valence-electron chi connectivity index (χ4n) is 3.35. The molecule has 3 unspecified atom stereocenters. The Kier molecular flexibility index (Phi) is 7.30. The summed E-state index contributed by atoms with van der Waals surface area (Å²) in [6.07, 6.45) is 13.7. The van der Waals surface area contributed by atoms with E-state index in [4.69, 9.17) is 11.5 Å². The second-order valence-electron chi connectivity index (χ2n) is 7.20. The average molecular weight is 366 g/mol. The molecule has 0 spiro atoms. The molecular formula is C21H26N4O2. The van der Waals surface area contributed by atoms with Gasteiger partial charge in [-0.15, -0.1) is 0 Å². The summed E-state index contributed by atoms with van der Waals surface area (Å²) in [4.78, 5) is 27.1. The Labute approximate surface area is 159 Å². The molecule has 6 nitrogen and oxygen atoms in total. The zero-order chi connectivity index (χ0) is 19.7. The fraction of sp³-hybridized carbons (Fsp3) is 0.429. The summed E-state index contributed by atoms with van der Waals surface area (Å²) in [6, 6.07) is 8.06. The average Bonchev–Trinajstić information content (AvgIpc) is 2.66. The number of benzene rings is 1. The molecule has 4 N–H and O–H groups in total. The summed E-state index contributed by atoms with van der Waals surface area (Å²) < 4.78 is 0. The largest absolute Gasteiger partial charge is 0.399 e. The van der Waals surface area contributed by atoms with Gasteiger partial charge in [0.25, 0.3) is 0 Å². The molecule has 0 radical (unpaired) electrons. The van der Waals surface area contributed by atoms with Crippen LogP contribution in [0.4, 0.5) is 5.69 Å². The Hall–Kier alpha value is -2.94. The van der Waals surface area contributed by atoms with Crippen molar-refractivity contribution < 1.29 is 9.59 Å². The Balaban J connectivity index is 0.000000199. The van der Waals surface area contributed by atoms with Gasteiger partial charge in [-0.2, -0.15) is 0 Å². The smallest absolute Gasteiger partial charge is 0.235 e. The minimum absolute atomic E-state index is 0.0124. The minimum atomic E-state index is 0.0124. The van der Waals surface area contributed by atoms with Gasteiger partial charge in [0.05, 0.1) is 12.1 Å². The quantitative estimate of drug-likeness (QED) is 0.485. The predicted octanol–water partition coefficient (Wildman–Crippen LogP) is 3.30. The molecule has 142 valence electrons. The number of carbonyl (C=O) groups excluding carboxylic acids is 2. The molecule has 0 bridgehead atoms. The first kappa shape index (κ1) is 20.4. The van der Waals surface area contributed by atoms with Crippen LogP contribution in [0.5, 0.6) is 0 Å². The molecule has 0 aliphatic heterocycles. The van der Waals surface area contributed by atoms with Gasteiger partial charge in [-0.05, 0) is 55.9 Å². The maximum atomic E-state index is 9.94. The minimum Gasteiger partial charge on any atom is -0.399 e. The van der Waals surface area contributed by atoms with Crippen molar-refractivity contribution in [3.63, 3.8) is 0 Å². The van der Waals surface area contributed by atoms with Crippen LogP contribution in [0, 0.1) is 0 Å². The fourth-order valence-corrected chi connectivity index (χ4v) is 3.35. The maximum absolute atomic E-state index is 9.94. The summed E-state index contributed by atoms with van der Waals surface area (Å²) in [5.74, 6) is 0. The zero-order valence-electron chi connectivity index (χ0n) is 15.6. The van der Waals surface area contributed by atoms with Crippen molar-refractivity contribution in [3.8, 4) is 0 Å². The van der Waals surface area contributed by atoms with Gasteiger partial charge in [-0.1, -0.05) is 31.2 Å². The molecule has 6 heteroatoms. The van der Waals surface area contributed by atoms with Gasteiger partial charge in [-0.3, -0.25) is 0 Å². The van der Waals surface area contributed by atoms with Gasteiger partial charge in [0.2, 0.25) is 12.2 Å². The SMILES string of the molecule is CC1(c2ccc(N)cc2)C=CC(N)=CC1.O=C=NC1CCCC(N=C=O)C1. The molecule has 0 heterocycles. The molecule has 3 rings (SSSR count). The summed E-state index contributed by atoms with van der Waals surface area (Å²) >= 11 is 0. The van der Waals surface area contributed by atoms with E-state index in [1.807, 2.05) is 18.2 Å². The van der Waals surface area contributed by atoms with E-state index >= 15 is 0 Å². The molecule has 2 aliphatic carbocycles. The normalized spacial score (nSPS) is 26.5. The van der Waals surface area contributed by atoms with Crippen LogP contribution in [-0.2, 0) is 15.0 Å². The van der Waals surface area contributed by atoms with E-state index in [9.17, 15) is 9.59 Å². The van der Waals surface area contributed by atoms with Crippen molar-refractivity contribution in [3.05, 3.63) is 53.8 Å². The van der Waals surface area contributed by atoms with Crippen LogP contribution in [0.15, 0.2) is 58.2 Å². The van der Waals surface area contributed by atoms with Crippen LogP contribution in [-0.4, -0.2) is 24.2 Å². The summed E-state index contributed by atoms with van der Waals surface area (Å²) in [5, 5.41) is 0. The molecule has 1 aromatic carbocycles. The number of nitrogens with two attached hydrogens (primary N) is 2. The lowest BCUT2D eigenvalue weighted by Gasteiger charge is -2.28. The highest BCUT2D eigenvalue weighted by atomic mass is 16.1. The predicted molar refractivity (Wildman–Crippen MR) is 107 cm³/mol. The second-order valence-corrected chi connectivity index (χ2v) is 7.20. The van der Waals surface area contributed by atoms with Crippen molar-refractivity contribution in [2.24, 2.45) is 15.7 Å². The van der Waals surface area contributed by atoms with E-state index in [0.29, 0.717) is 6.42 Å². The standard InChI is InChI=1S/C13H16N2.C8H10N2O2/c1-13(8-6-12(15)7-9-13)10-2-4-11(14)5-3-10;11-5-9-7-2-1-3-8(4-7)10-6-12/h2-8H,9,14-15H2,1H3;7-8H,1-4H2. The zero-order valence-corrected chi connectivity index (χ0v) is 15.6. The third kappa shape index (κ3) is 6.07. The molecule has 0 saturated heterocycles. The van der Waals surface area contributed by atoms with Crippen molar-refractivity contribution in [2.45, 2.75) is 56.5 Å². The molecule has 27 heavy (non-hydrogen) atoms. The number of nitrogens with zero attached hydrogens (tertiary/aromatic N) is 2.